The summed E-state index contributed by atoms with van der Waals surface area (Å²) in [6.07, 6.45) is 0.606. The Morgan fingerprint density at radius 1 is 1.24 bits per heavy atom. The lowest BCUT2D eigenvalue weighted by Crippen LogP contribution is -2.29. The van der Waals surface area contributed by atoms with Gasteiger partial charge in [-0.25, -0.2) is 4.79 Å². The number of aromatic nitrogens is 1. The predicted octanol–water partition coefficient (Wildman–Crippen LogP) is 2.79. The number of methoxy groups -OCH3 is 1. The van der Waals surface area contributed by atoms with Crippen molar-refractivity contribution in [3.63, 3.8) is 0 Å². The molecule has 0 unspecified atom stereocenters. The largest absolute Gasteiger partial charge is 0.492 e. The van der Waals surface area contributed by atoms with E-state index in [-0.39, 0.29) is 5.91 Å². The van der Waals surface area contributed by atoms with Crippen molar-refractivity contribution in [2.24, 2.45) is 0 Å². The number of hydrogen-bond donors (Lipinski definition) is 2. The van der Waals surface area contributed by atoms with E-state index in [1.807, 2.05) is 38.1 Å². The minimum Gasteiger partial charge on any atom is -0.492 e. The fourth-order valence-corrected chi connectivity index (χ4v) is 2.66. The Labute approximate surface area is 147 Å². The lowest BCUT2D eigenvalue weighted by Gasteiger charge is -2.08. The highest BCUT2D eigenvalue weighted by atomic mass is 16.5. The second kappa shape index (κ2) is 8.37. The first-order valence-corrected chi connectivity index (χ1v) is 8.25. The number of H-pyrrole nitrogens is 1. The number of esters is 1. The zero-order chi connectivity index (χ0) is 18.4. The summed E-state index contributed by atoms with van der Waals surface area (Å²) in [5.74, 6) is 0.0641. The number of hydrogen-bond acceptors (Lipinski definition) is 4. The topological polar surface area (TPSA) is 80.4 Å². The molecular formula is C19H24N2O4. The number of amides is 1. The summed E-state index contributed by atoms with van der Waals surface area (Å²) in [6, 6.07) is 7.73. The van der Waals surface area contributed by atoms with Crippen LogP contribution < -0.4 is 10.1 Å². The molecule has 0 saturated carbocycles. The lowest BCUT2D eigenvalue weighted by molar-refractivity contribution is 0.0599. The molecular weight excluding hydrogens is 320 g/mol. The molecule has 1 amide bonds. The van der Waals surface area contributed by atoms with E-state index in [4.69, 9.17) is 9.47 Å². The summed E-state index contributed by atoms with van der Waals surface area (Å²) in [7, 11) is 1.33. The van der Waals surface area contributed by atoms with Crippen molar-refractivity contribution in [3.05, 3.63) is 52.3 Å². The van der Waals surface area contributed by atoms with E-state index in [2.05, 4.69) is 10.3 Å². The molecule has 0 aliphatic rings. The average molecular weight is 344 g/mol. The molecule has 1 aromatic heterocycles. The van der Waals surface area contributed by atoms with Gasteiger partial charge in [-0.1, -0.05) is 19.1 Å². The number of carbonyl (C=O) groups is 2. The maximum Gasteiger partial charge on any atom is 0.339 e. The van der Waals surface area contributed by atoms with Crippen LogP contribution in [0.3, 0.4) is 0 Å². The van der Waals surface area contributed by atoms with E-state index >= 15 is 0 Å². The number of benzene rings is 1. The third kappa shape index (κ3) is 4.41. The van der Waals surface area contributed by atoms with Crippen LogP contribution in [0.1, 0.15) is 44.6 Å². The van der Waals surface area contributed by atoms with E-state index in [1.165, 1.54) is 7.11 Å². The monoisotopic (exact) mass is 344 g/mol. The fraction of sp³-hybridized carbons (Fsp3) is 0.368. The minimum atomic E-state index is -0.438. The second-order valence-corrected chi connectivity index (χ2v) is 5.74. The molecule has 25 heavy (non-hydrogen) atoms. The van der Waals surface area contributed by atoms with Gasteiger partial charge in [0.05, 0.1) is 19.2 Å². The molecule has 0 atom stereocenters. The van der Waals surface area contributed by atoms with Gasteiger partial charge in [-0.15, -0.1) is 0 Å². The van der Waals surface area contributed by atoms with Gasteiger partial charge in [-0.05, 0) is 43.5 Å². The first-order valence-electron chi connectivity index (χ1n) is 8.25. The van der Waals surface area contributed by atoms with E-state index in [0.29, 0.717) is 42.1 Å². The molecule has 0 aliphatic heterocycles. The molecule has 0 saturated heterocycles. The van der Waals surface area contributed by atoms with Gasteiger partial charge in [-0.2, -0.15) is 0 Å². The predicted molar refractivity (Wildman–Crippen MR) is 95.3 cm³/mol. The smallest absolute Gasteiger partial charge is 0.339 e. The zero-order valence-electron chi connectivity index (χ0n) is 15.1. The summed E-state index contributed by atoms with van der Waals surface area (Å²) in [5.41, 5.74) is 3.23. The zero-order valence-corrected chi connectivity index (χ0v) is 15.1. The van der Waals surface area contributed by atoms with Crippen molar-refractivity contribution in [3.8, 4) is 5.75 Å². The molecule has 2 rings (SSSR count). The van der Waals surface area contributed by atoms with Crippen LogP contribution in [0.15, 0.2) is 24.3 Å². The summed E-state index contributed by atoms with van der Waals surface area (Å²) in [5, 5.41) is 2.80. The summed E-state index contributed by atoms with van der Waals surface area (Å²) in [4.78, 5) is 27.3. The van der Waals surface area contributed by atoms with Crippen molar-refractivity contribution < 1.29 is 19.1 Å². The Hall–Kier alpha value is -2.76. The maximum absolute atomic E-state index is 12.4. The minimum absolute atomic E-state index is 0.268. The van der Waals surface area contributed by atoms with E-state index in [1.54, 1.807) is 6.92 Å². The number of nitrogens with one attached hydrogen (secondary N) is 2. The van der Waals surface area contributed by atoms with Gasteiger partial charge >= 0.3 is 5.97 Å². The molecule has 0 radical (unpaired) electrons. The third-order valence-electron chi connectivity index (χ3n) is 3.94. The number of aryl methyl sites for hydroxylation is 2. The maximum atomic E-state index is 12.4. The molecule has 1 aromatic carbocycles. The summed E-state index contributed by atoms with van der Waals surface area (Å²) >= 11 is 0. The van der Waals surface area contributed by atoms with Crippen LogP contribution in [0, 0.1) is 13.8 Å². The van der Waals surface area contributed by atoms with Crippen LogP contribution in [-0.2, 0) is 11.2 Å². The third-order valence-corrected chi connectivity index (χ3v) is 3.94. The second-order valence-electron chi connectivity index (χ2n) is 5.74. The van der Waals surface area contributed by atoms with Crippen LogP contribution in [-0.4, -0.2) is 37.1 Å². The van der Waals surface area contributed by atoms with Gasteiger partial charge in [-0.3, -0.25) is 4.79 Å². The molecule has 0 spiro atoms. The van der Waals surface area contributed by atoms with Crippen molar-refractivity contribution in [1.82, 2.24) is 10.3 Å². The molecule has 6 heteroatoms. The van der Waals surface area contributed by atoms with Crippen molar-refractivity contribution in [2.75, 3.05) is 20.3 Å². The molecule has 1 heterocycles. The highest BCUT2D eigenvalue weighted by Gasteiger charge is 2.23. The Morgan fingerprint density at radius 3 is 2.64 bits per heavy atom. The van der Waals surface area contributed by atoms with Gasteiger partial charge in [0, 0.05) is 5.69 Å². The highest BCUT2D eigenvalue weighted by molar-refractivity contribution is 6.00. The fourth-order valence-electron chi connectivity index (χ4n) is 2.66. The number of aromatic amines is 1. The van der Waals surface area contributed by atoms with Crippen molar-refractivity contribution >= 4 is 11.9 Å². The van der Waals surface area contributed by atoms with Gasteiger partial charge in [0.25, 0.3) is 5.91 Å². The van der Waals surface area contributed by atoms with Crippen LogP contribution in [0.2, 0.25) is 0 Å². The molecule has 0 bridgehead atoms. The Kier molecular flexibility index (Phi) is 6.22. The van der Waals surface area contributed by atoms with E-state index in [0.717, 1.165) is 11.3 Å². The Bertz CT molecular complexity index is 765. The molecule has 0 aliphatic carbocycles. The first kappa shape index (κ1) is 18.6. The summed E-state index contributed by atoms with van der Waals surface area (Å²) in [6.45, 7) is 6.36. The van der Waals surface area contributed by atoms with Gasteiger partial charge in [0.2, 0.25) is 0 Å². The standard InChI is InChI=1S/C19H24N2O4/c1-5-15-16(19(23)24-4)13(3)17(21-15)18(22)20-9-10-25-14-8-6-7-12(2)11-14/h6-8,11,21H,5,9-10H2,1-4H3,(H,20,22). The Morgan fingerprint density at radius 2 is 2.00 bits per heavy atom. The van der Waals surface area contributed by atoms with Crippen molar-refractivity contribution in [1.29, 1.82) is 0 Å². The quantitative estimate of drug-likeness (QED) is 0.598. The number of carbonyl (C=O) groups excluding carboxylic acids is 2. The Balaban J connectivity index is 1.97. The van der Waals surface area contributed by atoms with Gasteiger partial charge < -0.3 is 19.8 Å². The molecule has 2 aromatic rings. The molecule has 0 fully saturated rings. The van der Waals surface area contributed by atoms with Crippen LogP contribution >= 0.6 is 0 Å². The molecule has 134 valence electrons. The van der Waals surface area contributed by atoms with Crippen molar-refractivity contribution in [2.45, 2.75) is 27.2 Å². The SMILES string of the molecule is CCc1[nH]c(C(=O)NCCOc2cccc(C)c2)c(C)c1C(=O)OC. The molecule has 2 N–H and O–H groups in total. The molecule has 6 nitrogen and oxygen atoms in total. The lowest BCUT2D eigenvalue weighted by atomic mass is 10.1. The first-order chi connectivity index (χ1) is 12.0. The van der Waals surface area contributed by atoms with Gasteiger partial charge in [0.15, 0.2) is 0 Å². The van der Waals surface area contributed by atoms with Crippen LogP contribution in [0.25, 0.3) is 0 Å². The highest BCUT2D eigenvalue weighted by Crippen LogP contribution is 2.20. The van der Waals surface area contributed by atoms with E-state index < -0.39 is 5.97 Å². The van der Waals surface area contributed by atoms with Gasteiger partial charge in [0.1, 0.15) is 18.1 Å². The van der Waals surface area contributed by atoms with E-state index in [9.17, 15) is 9.59 Å². The van der Waals surface area contributed by atoms with Crippen LogP contribution in [0.5, 0.6) is 5.75 Å². The summed E-state index contributed by atoms with van der Waals surface area (Å²) < 4.78 is 10.4. The number of rotatable bonds is 7. The number of ether oxygens (including phenoxy) is 2. The van der Waals surface area contributed by atoms with Crippen LogP contribution in [0.4, 0.5) is 0 Å². The average Bonchev–Trinajstić information content (AvgIpc) is 2.94. The normalized spacial score (nSPS) is 10.4.